The number of carbonyl (C=O) groups excluding carboxylic acids is 1. The van der Waals surface area contributed by atoms with Crippen molar-refractivity contribution in [3.8, 4) is 17.2 Å². The van der Waals surface area contributed by atoms with E-state index in [0.717, 1.165) is 0 Å². The lowest BCUT2D eigenvalue weighted by Crippen LogP contribution is -2.38. The van der Waals surface area contributed by atoms with Crippen molar-refractivity contribution in [3.05, 3.63) is 47.8 Å². The molecule has 3 rings (SSSR count). The summed E-state index contributed by atoms with van der Waals surface area (Å²) in [5, 5.41) is 0. The fraction of sp³-hybridized carbons (Fsp3) is 0.235. The molecule has 120 valence electrons. The fourth-order valence-corrected chi connectivity index (χ4v) is 2.49. The first-order valence-electron chi connectivity index (χ1n) is 7.09. The molecule has 0 spiro atoms. The molecule has 6 heteroatoms. The highest BCUT2D eigenvalue weighted by Crippen LogP contribution is 2.34. The van der Waals surface area contributed by atoms with Crippen LogP contribution in [0.5, 0.6) is 17.2 Å². The number of ether oxygens (including phenoxy) is 3. The Morgan fingerprint density at radius 3 is 2.48 bits per heavy atom. The molecular formula is C17H16FNO4. The third-order valence-electron chi connectivity index (χ3n) is 3.63. The lowest BCUT2D eigenvalue weighted by atomic mass is 10.1. The van der Waals surface area contributed by atoms with Gasteiger partial charge in [-0.3, -0.25) is 4.79 Å². The molecule has 0 radical (unpaired) electrons. The van der Waals surface area contributed by atoms with Crippen molar-refractivity contribution in [3.63, 3.8) is 0 Å². The van der Waals surface area contributed by atoms with E-state index < -0.39 is 5.82 Å². The standard InChI is InChI=1S/C17H16FNO4/c1-21-13-7-11(8-14(10-13)22-2)17(20)19-5-6-23-16-4-3-12(18)9-15(16)19/h3-4,7-10H,5-6H2,1-2H3. The SMILES string of the molecule is COc1cc(OC)cc(C(=O)N2CCOc3ccc(F)cc32)c1. The van der Waals surface area contributed by atoms with E-state index >= 15 is 0 Å². The molecule has 0 aliphatic carbocycles. The number of nitrogens with zero attached hydrogens (tertiary/aromatic N) is 1. The topological polar surface area (TPSA) is 48.0 Å². The van der Waals surface area contributed by atoms with E-state index in [0.29, 0.717) is 41.7 Å². The van der Waals surface area contributed by atoms with E-state index in [-0.39, 0.29) is 5.91 Å². The van der Waals surface area contributed by atoms with Crippen LogP contribution in [0.1, 0.15) is 10.4 Å². The third kappa shape index (κ3) is 2.92. The second-order valence-electron chi connectivity index (χ2n) is 5.02. The number of rotatable bonds is 3. The first-order chi connectivity index (χ1) is 11.1. The van der Waals surface area contributed by atoms with Crippen LogP contribution in [0.2, 0.25) is 0 Å². The summed E-state index contributed by atoms with van der Waals surface area (Å²) >= 11 is 0. The molecule has 0 fully saturated rings. The number of benzene rings is 2. The van der Waals surface area contributed by atoms with Crippen LogP contribution < -0.4 is 19.1 Å². The van der Waals surface area contributed by atoms with Gasteiger partial charge < -0.3 is 19.1 Å². The van der Waals surface area contributed by atoms with Crippen molar-refractivity contribution in [2.45, 2.75) is 0 Å². The van der Waals surface area contributed by atoms with E-state index in [4.69, 9.17) is 14.2 Å². The average molecular weight is 317 g/mol. The Kier molecular flexibility index (Phi) is 4.06. The Labute approximate surface area is 133 Å². The predicted octanol–water partition coefficient (Wildman–Crippen LogP) is 2.88. The van der Waals surface area contributed by atoms with Crippen LogP contribution in [-0.4, -0.2) is 33.3 Å². The molecule has 0 atom stereocenters. The van der Waals surface area contributed by atoms with Crippen molar-refractivity contribution in [2.24, 2.45) is 0 Å². The molecule has 1 amide bonds. The molecule has 0 bridgehead atoms. The Morgan fingerprint density at radius 2 is 1.83 bits per heavy atom. The number of hydrogen-bond donors (Lipinski definition) is 0. The Balaban J connectivity index is 2.00. The Hall–Kier alpha value is -2.76. The predicted molar refractivity (Wildman–Crippen MR) is 83.1 cm³/mol. The number of carbonyl (C=O) groups is 1. The van der Waals surface area contributed by atoms with Gasteiger partial charge in [-0.2, -0.15) is 0 Å². The van der Waals surface area contributed by atoms with Crippen LogP contribution in [0.3, 0.4) is 0 Å². The van der Waals surface area contributed by atoms with Gasteiger partial charge in [0.15, 0.2) is 0 Å². The van der Waals surface area contributed by atoms with Crippen molar-refractivity contribution in [1.29, 1.82) is 0 Å². The molecule has 23 heavy (non-hydrogen) atoms. The second-order valence-corrected chi connectivity index (χ2v) is 5.02. The van der Waals surface area contributed by atoms with E-state index in [2.05, 4.69) is 0 Å². The van der Waals surface area contributed by atoms with Gasteiger partial charge in [0.05, 0.1) is 26.5 Å². The summed E-state index contributed by atoms with van der Waals surface area (Å²) in [7, 11) is 3.03. The van der Waals surface area contributed by atoms with E-state index in [9.17, 15) is 9.18 Å². The van der Waals surface area contributed by atoms with Crippen molar-refractivity contribution in [2.75, 3.05) is 32.3 Å². The average Bonchev–Trinajstić information content (AvgIpc) is 2.60. The van der Waals surface area contributed by atoms with Gasteiger partial charge in [-0.05, 0) is 24.3 Å². The molecular weight excluding hydrogens is 301 g/mol. The second kappa shape index (κ2) is 6.16. The summed E-state index contributed by atoms with van der Waals surface area (Å²) in [6.45, 7) is 0.695. The monoisotopic (exact) mass is 317 g/mol. The van der Waals surface area contributed by atoms with Gasteiger partial charge in [-0.15, -0.1) is 0 Å². The highest BCUT2D eigenvalue weighted by molar-refractivity contribution is 6.07. The summed E-state index contributed by atoms with van der Waals surface area (Å²) in [6, 6.07) is 9.06. The number of anilines is 1. The molecule has 0 unspecified atom stereocenters. The Morgan fingerprint density at radius 1 is 1.13 bits per heavy atom. The molecule has 0 saturated carbocycles. The molecule has 0 saturated heterocycles. The maximum Gasteiger partial charge on any atom is 0.258 e. The minimum Gasteiger partial charge on any atom is -0.497 e. The van der Waals surface area contributed by atoms with Crippen molar-refractivity contribution in [1.82, 2.24) is 0 Å². The van der Waals surface area contributed by atoms with Crippen LogP contribution in [0.15, 0.2) is 36.4 Å². The molecule has 2 aromatic rings. The summed E-state index contributed by atoms with van der Waals surface area (Å²) < 4.78 is 29.4. The molecule has 1 aliphatic rings. The number of methoxy groups -OCH3 is 2. The van der Waals surface area contributed by atoms with Crippen LogP contribution in [0.4, 0.5) is 10.1 Å². The zero-order valence-electron chi connectivity index (χ0n) is 12.8. The molecule has 0 aromatic heterocycles. The fourth-order valence-electron chi connectivity index (χ4n) is 2.49. The Bertz CT molecular complexity index is 725. The van der Waals surface area contributed by atoms with Gasteiger partial charge in [0.1, 0.15) is 29.7 Å². The minimum atomic E-state index is -0.421. The lowest BCUT2D eigenvalue weighted by molar-refractivity contribution is 0.0976. The van der Waals surface area contributed by atoms with Crippen LogP contribution in [0.25, 0.3) is 0 Å². The molecule has 0 N–H and O–H groups in total. The number of halogens is 1. The molecule has 2 aromatic carbocycles. The lowest BCUT2D eigenvalue weighted by Gasteiger charge is -2.29. The molecule has 5 nitrogen and oxygen atoms in total. The maximum atomic E-state index is 13.5. The number of fused-ring (bicyclic) bond motifs is 1. The normalized spacial score (nSPS) is 13.1. The van der Waals surface area contributed by atoms with Gasteiger partial charge in [-0.25, -0.2) is 4.39 Å². The van der Waals surface area contributed by atoms with Crippen LogP contribution in [-0.2, 0) is 0 Å². The number of amides is 1. The third-order valence-corrected chi connectivity index (χ3v) is 3.63. The van der Waals surface area contributed by atoms with Crippen molar-refractivity contribution >= 4 is 11.6 Å². The first-order valence-corrected chi connectivity index (χ1v) is 7.09. The van der Waals surface area contributed by atoms with Crippen molar-refractivity contribution < 1.29 is 23.4 Å². The maximum absolute atomic E-state index is 13.5. The van der Waals surface area contributed by atoms with E-state index in [1.54, 1.807) is 18.2 Å². The van der Waals surface area contributed by atoms with Crippen LogP contribution in [0, 0.1) is 5.82 Å². The van der Waals surface area contributed by atoms with Gasteiger partial charge in [0.2, 0.25) is 0 Å². The first kappa shape index (κ1) is 15.1. The zero-order chi connectivity index (χ0) is 16.4. The minimum absolute atomic E-state index is 0.266. The van der Waals surface area contributed by atoms with Gasteiger partial charge in [-0.1, -0.05) is 0 Å². The summed E-state index contributed by atoms with van der Waals surface area (Å²) in [6.07, 6.45) is 0. The summed E-state index contributed by atoms with van der Waals surface area (Å²) in [4.78, 5) is 14.3. The van der Waals surface area contributed by atoms with E-state index in [1.807, 2.05) is 0 Å². The zero-order valence-corrected chi connectivity index (χ0v) is 12.8. The van der Waals surface area contributed by atoms with Gasteiger partial charge in [0, 0.05) is 17.7 Å². The molecule has 1 aliphatic heterocycles. The van der Waals surface area contributed by atoms with Gasteiger partial charge in [0.25, 0.3) is 5.91 Å². The highest BCUT2D eigenvalue weighted by Gasteiger charge is 2.26. The summed E-state index contributed by atoms with van der Waals surface area (Å²) in [5.41, 5.74) is 0.821. The highest BCUT2D eigenvalue weighted by atomic mass is 19.1. The smallest absolute Gasteiger partial charge is 0.258 e. The van der Waals surface area contributed by atoms with E-state index in [1.165, 1.54) is 37.3 Å². The quantitative estimate of drug-likeness (QED) is 0.873. The van der Waals surface area contributed by atoms with Crippen LogP contribution >= 0.6 is 0 Å². The van der Waals surface area contributed by atoms with Gasteiger partial charge >= 0.3 is 0 Å². The number of hydrogen-bond acceptors (Lipinski definition) is 4. The molecule has 1 heterocycles. The largest absolute Gasteiger partial charge is 0.497 e. The summed E-state index contributed by atoms with van der Waals surface area (Å²) in [5.74, 6) is 0.828.